The lowest BCUT2D eigenvalue weighted by molar-refractivity contribution is 0.475. The lowest BCUT2D eigenvalue weighted by Crippen LogP contribution is -2.06. The molecule has 3 rings (SSSR count). The molecule has 1 N–H and O–H groups in total. The highest BCUT2D eigenvalue weighted by Crippen LogP contribution is 2.36. The van der Waals surface area contributed by atoms with Gasteiger partial charge >= 0.3 is 0 Å². The molecule has 0 fully saturated rings. The zero-order valence-corrected chi connectivity index (χ0v) is 7.44. The van der Waals surface area contributed by atoms with Gasteiger partial charge in [0.25, 0.3) is 0 Å². The van der Waals surface area contributed by atoms with E-state index >= 15 is 0 Å². The molecule has 68 valence electrons. The second-order valence-corrected chi connectivity index (χ2v) is 3.38. The van der Waals surface area contributed by atoms with Crippen LogP contribution in [0.1, 0.15) is 12.0 Å². The van der Waals surface area contributed by atoms with E-state index in [1.165, 1.54) is 5.57 Å². The minimum absolute atomic E-state index is 0.283. The van der Waals surface area contributed by atoms with Crippen molar-refractivity contribution in [1.82, 2.24) is 0 Å². The van der Waals surface area contributed by atoms with Crippen molar-refractivity contribution in [2.75, 3.05) is 0 Å². The second-order valence-electron chi connectivity index (χ2n) is 3.38. The van der Waals surface area contributed by atoms with E-state index < -0.39 is 0 Å². The molecule has 1 aromatic carbocycles. The van der Waals surface area contributed by atoms with Gasteiger partial charge in [-0.1, -0.05) is 0 Å². The van der Waals surface area contributed by atoms with Gasteiger partial charge in [-0.05, 0) is 29.8 Å². The van der Waals surface area contributed by atoms with Gasteiger partial charge in [0.15, 0.2) is 0 Å². The molecular weight excluding hydrogens is 176 g/mol. The molecule has 3 heteroatoms. The fraction of sp³-hybridized carbons (Fsp3) is 0.0909. The maximum atomic E-state index is 9.38. The first kappa shape index (κ1) is 7.50. The molecule has 2 aliphatic heterocycles. The Morgan fingerprint density at radius 3 is 3.14 bits per heavy atom. The predicted octanol–water partition coefficient (Wildman–Crippen LogP) is 2.29. The van der Waals surface area contributed by atoms with E-state index in [2.05, 4.69) is 9.98 Å². The number of aliphatic imine (C=N–C) groups is 2. The fourth-order valence-corrected chi connectivity index (χ4v) is 1.76. The van der Waals surface area contributed by atoms with Crippen LogP contribution in [-0.4, -0.2) is 17.2 Å². The number of nitrogens with zero attached hydrogens (tertiary/aromatic N) is 2. The summed E-state index contributed by atoms with van der Waals surface area (Å²) in [6, 6.07) is 5.22. The fourth-order valence-electron chi connectivity index (χ4n) is 1.76. The first-order valence-electron chi connectivity index (χ1n) is 4.47. The van der Waals surface area contributed by atoms with E-state index in [0.29, 0.717) is 0 Å². The molecule has 0 amide bonds. The molecule has 0 saturated carbocycles. The van der Waals surface area contributed by atoms with Gasteiger partial charge in [-0.15, -0.1) is 0 Å². The van der Waals surface area contributed by atoms with Gasteiger partial charge in [-0.3, -0.25) is 0 Å². The highest BCUT2D eigenvalue weighted by molar-refractivity contribution is 6.10. The molecule has 0 radical (unpaired) electrons. The third kappa shape index (κ3) is 0.988. The molecule has 3 nitrogen and oxygen atoms in total. The highest BCUT2D eigenvalue weighted by atomic mass is 16.3. The van der Waals surface area contributed by atoms with Crippen LogP contribution in [0.5, 0.6) is 5.75 Å². The standard InChI is InChI=1S/C11H8N2O/c14-8-1-2-10-9(6-8)7-3-4-12-11(5-7)13-10/h1-4,6,14H,5H2. The summed E-state index contributed by atoms with van der Waals surface area (Å²) >= 11 is 0. The van der Waals surface area contributed by atoms with Crippen LogP contribution < -0.4 is 0 Å². The summed E-state index contributed by atoms with van der Waals surface area (Å²) in [5.41, 5.74) is 3.09. The van der Waals surface area contributed by atoms with Crippen LogP contribution >= 0.6 is 0 Å². The minimum atomic E-state index is 0.283. The Bertz CT molecular complexity index is 498. The predicted molar refractivity (Wildman–Crippen MR) is 56.3 cm³/mol. The van der Waals surface area contributed by atoms with Crippen molar-refractivity contribution in [2.24, 2.45) is 9.98 Å². The minimum Gasteiger partial charge on any atom is -0.508 e. The van der Waals surface area contributed by atoms with E-state index in [0.717, 1.165) is 23.5 Å². The summed E-state index contributed by atoms with van der Waals surface area (Å²) in [6.45, 7) is 0. The Balaban J connectivity index is 2.30. The van der Waals surface area contributed by atoms with E-state index in [1.807, 2.05) is 12.1 Å². The zero-order valence-electron chi connectivity index (χ0n) is 7.44. The third-order valence-corrected chi connectivity index (χ3v) is 2.42. The summed E-state index contributed by atoms with van der Waals surface area (Å²) < 4.78 is 0. The Hall–Kier alpha value is -1.90. The second kappa shape index (κ2) is 2.54. The molecule has 14 heavy (non-hydrogen) atoms. The van der Waals surface area contributed by atoms with Gasteiger partial charge in [-0.2, -0.15) is 0 Å². The molecule has 0 aromatic heterocycles. The van der Waals surface area contributed by atoms with Gasteiger partial charge in [0.1, 0.15) is 11.6 Å². The van der Waals surface area contributed by atoms with Crippen LogP contribution in [0.15, 0.2) is 34.3 Å². The van der Waals surface area contributed by atoms with Gasteiger partial charge < -0.3 is 5.11 Å². The number of dihydropyridines is 1. The van der Waals surface area contributed by atoms with Crippen LogP contribution in [0, 0.1) is 0 Å². The zero-order chi connectivity index (χ0) is 9.54. The Morgan fingerprint density at radius 2 is 2.21 bits per heavy atom. The molecule has 0 atom stereocenters. The van der Waals surface area contributed by atoms with Crippen LogP contribution in [0.3, 0.4) is 0 Å². The summed E-state index contributed by atoms with van der Waals surface area (Å²) in [6.07, 6.45) is 4.49. The lowest BCUT2D eigenvalue weighted by Gasteiger charge is -2.18. The van der Waals surface area contributed by atoms with Crippen LogP contribution in [-0.2, 0) is 0 Å². The lowest BCUT2D eigenvalue weighted by atomic mass is 9.96. The number of phenols is 1. The van der Waals surface area contributed by atoms with Crippen molar-refractivity contribution in [1.29, 1.82) is 0 Å². The Labute approximate surface area is 81.1 Å². The van der Waals surface area contributed by atoms with Crippen molar-refractivity contribution in [3.8, 4) is 5.75 Å². The summed E-state index contributed by atoms with van der Waals surface area (Å²) in [5, 5.41) is 9.38. The topological polar surface area (TPSA) is 45.0 Å². The molecule has 0 spiro atoms. The smallest absolute Gasteiger partial charge is 0.133 e. The molecule has 0 saturated heterocycles. The summed E-state index contributed by atoms with van der Waals surface area (Å²) in [7, 11) is 0. The number of amidine groups is 1. The average molecular weight is 184 g/mol. The molecule has 2 bridgehead atoms. The van der Waals surface area contributed by atoms with Gasteiger partial charge in [0.05, 0.1) is 5.69 Å². The Kier molecular flexibility index (Phi) is 1.36. The first-order valence-corrected chi connectivity index (χ1v) is 4.47. The number of aromatic hydroxyl groups is 1. The number of rotatable bonds is 0. The molecule has 2 heterocycles. The SMILES string of the molecule is Oc1ccc2c(c1)C1=CC=NC(=N2)C1. The maximum absolute atomic E-state index is 9.38. The van der Waals surface area contributed by atoms with Crippen molar-refractivity contribution in [3.05, 3.63) is 29.8 Å². The molecule has 2 aliphatic rings. The molecule has 0 unspecified atom stereocenters. The van der Waals surface area contributed by atoms with Crippen molar-refractivity contribution >= 4 is 23.3 Å². The van der Waals surface area contributed by atoms with E-state index in [4.69, 9.17) is 0 Å². The average Bonchev–Trinajstić information content (AvgIpc) is 2.20. The van der Waals surface area contributed by atoms with E-state index in [-0.39, 0.29) is 5.75 Å². The summed E-state index contributed by atoms with van der Waals surface area (Å²) in [4.78, 5) is 8.53. The number of allylic oxidation sites excluding steroid dienone is 1. The van der Waals surface area contributed by atoms with Crippen molar-refractivity contribution in [3.63, 3.8) is 0 Å². The van der Waals surface area contributed by atoms with Crippen LogP contribution in [0.25, 0.3) is 5.57 Å². The number of benzene rings is 1. The number of phenolic OH excluding ortho intramolecular Hbond substituents is 1. The highest BCUT2D eigenvalue weighted by Gasteiger charge is 2.18. The van der Waals surface area contributed by atoms with Crippen LogP contribution in [0.2, 0.25) is 0 Å². The number of fused-ring (bicyclic) bond motifs is 4. The summed E-state index contributed by atoms with van der Waals surface area (Å²) in [5.74, 6) is 1.13. The maximum Gasteiger partial charge on any atom is 0.133 e. The normalized spacial score (nSPS) is 17.1. The van der Waals surface area contributed by atoms with E-state index in [1.54, 1.807) is 18.3 Å². The van der Waals surface area contributed by atoms with Gasteiger partial charge in [0.2, 0.25) is 0 Å². The van der Waals surface area contributed by atoms with E-state index in [9.17, 15) is 5.11 Å². The first-order chi connectivity index (χ1) is 6.83. The molecule has 0 aliphatic carbocycles. The third-order valence-electron chi connectivity index (χ3n) is 2.42. The van der Waals surface area contributed by atoms with Crippen molar-refractivity contribution < 1.29 is 5.11 Å². The Morgan fingerprint density at radius 1 is 1.29 bits per heavy atom. The van der Waals surface area contributed by atoms with Crippen LogP contribution in [0.4, 0.5) is 5.69 Å². The molecular formula is C11H8N2O. The monoisotopic (exact) mass is 184 g/mol. The number of hydrogen-bond acceptors (Lipinski definition) is 3. The van der Waals surface area contributed by atoms with Gasteiger partial charge in [0, 0.05) is 18.2 Å². The largest absolute Gasteiger partial charge is 0.508 e. The van der Waals surface area contributed by atoms with Crippen molar-refractivity contribution in [2.45, 2.75) is 6.42 Å². The number of hydrogen-bond donors (Lipinski definition) is 1. The van der Waals surface area contributed by atoms with Gasteiger partial charge in [-0.25, -0.2) is 9.98 Å². The quantitative estimate of drug-likeness (QED) is 0.660. The molecule has 1 aromatic rings.